The topological polar surface area (TPSA) is 90.1 Å². The molecule has 2 fully saturated rings. The highest BCUT2D eigenvalue weighted by Crippen LogP contribution is 2.10. The molecular formula is C13H28N4O3S. The molecule has 2 aliphatic heterocycles. The van der Waals surface area contributed by atoms with E-state index in [1.807, 2.05) is 0 Å². The molecule has 0 bridgehead atoms. The number of sulfonamides is 1. The first-order chi connectivity index (χ1) is 9.84. The van der Waals surface area contributed by atoms with E-state index in [9.17, 15) is 13.5 Å². The van der Waals surface area contributed by atoms with E-state index in [1.165, 1.54) is 10.6 Å². The summed E-state index contributed by atoms with van der Waals surface area (Å²) in [6, 6.07) is 0.308. The summed E-state index contributed by atoms with van der Waals surface area (Å²) in [7, 11) is -3.08. The first-order valence-corrected chi connectivity index (χ1v) is 9.53. The fraction of sp³-hybridized carbons (Fsp3) is 1.00. The van der Waals surface area contributed by atoms with E-state index in [4.69, 9.17) is 5.73 Å². The van der Waals surface area contributed by atoms with Gasteiger partial charge in [0.25, 0.3) is 0 Å². The average Bonchev–Trinajstić information content (AvgIpc) is 2.41. The molecule has 2 saturated heterocycles. The van der Waals surface area contributed by atoms with Crippen molar-refractivity contribution in [1.29, 1.82) is 0 Å². The molecular weight excluding hydrogens is 292 g/mol. The maximum absolute atomic E-state index is 11.4. The van der Waals surface area contributed by atoms with E-state index in [0.717, 1.165) is 25.9 Å². The largest absolute Gasteiger partial charge is 0.390 e. The molecule has 0 radical (unpaired) electrons. The Balaban J connectivity index is 1.68. The van der Waals surface area contributed by atoms with Crippen LogP contribution in [0.4, 0.5) is 0 Å². The summed E-state index contributed by atoms with van der Waals surface area (Å²) in [6.45, 7) is 5.62. The summed E-state index contributed by atoms with van der Waals surface area (Å²) in [6.07, 6.45) is 2.86. The third kappa shape index (κ3) is 5.46. The predicted octanol–water partition coefficient (Wildman–Crippen LogP) is -1.65. The van der Waals surface area contributed by atoms with Crippen LogP contribution in [0.2, 0.25) is 0 Å². The van der Waals surface area contributed by atoms with Crippen molar-refractivity contribution >= 4 is 10.0 Å². The van der Waals surface area contributed by atoms with E-state index in [0.29, 0.717) is 45.3 Å². The van der Waals surface area contributed by atoms with Gasteiger partial charge in [-0.25, -0.2) is 8.42 Å². The molecule has 21 heavy (non-hydrogen) atoms. The highest BCUT2D eigenvalue weighted by molar-refractivity contribution is 7.88. The van der Waals surface area contributed by atoms with Gasteiger partial charge in [0.2, 0.25) is 10.0 Å². The quantitative estimate of drug-likeness (QED) is 0.631. The lowest BCUT2D eigenvalue weighted by Crippen LogP contribution is -2.51. The van der Waals surface area contributed by atoms with E-state index < -0.39 is 10.0 Å². The molecule has 2 aliphatic rings. The van der Waals surface area contributed by atoms with Crippen molar-refractivity contribution in [2.24, 2.45) is 5.73 Å². The van der Waals surface area contributed by atoms with Crippen LogP contribution in [0, 0.1) is 0 Å². The van der Waals surface area contributed by atoms with Gasteiger partial charge in [-0.15, -0.1) is 0 Å². The van der Waals surface area contributed by atoms with Crippen LogP contribution in [0.3, 0.4) is 0 Å². The van der Waals surface area contributed by atoms with Gasteiger partial charge < -0.3 is 15.7 Å². The molecule has 1 unspecified atom stereocenters. The van der Waals surface area contributed by atoms with E-state index in [-0.39, 0.29) is 6.10 Å². The fourth-order valence-corrected chi connectivity index (χ4v) is 3.86. The number of aliphatic hydroxyl groups excluding tert-OH is 1. The minimum atomic E-state index is -3.08. The van der Waals surface area contributed by atoms with Gasteiger partial charge >= 0.3 is 0 Å². The molecule has 2 heterocycles. The Morgan fingerprint density at radius 1 is 1.05 bits per heavy atom. The zero-order chi connectivity index (χ0) is 15.5. The standard InChI is InChI=1S/C13H28N4O3S/c1-21(19,20)17-8-6-16(7-9-17)11-13(18)10-15-4-2-12(14)3-5-15/h12-13,18H,2-11,14H2,1H3. The van der Waals surface area contributed by atoms with Crippen LogP contribution in [-0.4, -0.2) is 98.4 Å². The van der Waals surface area contributed by atoms with Gasteiger partial charge in [-0.05, 0) is 25.9 Å². The molecule has 0 aromatic carbocycles. The normalized spacial score (nSPS) is 26.0. The predicted molar refractivity (Wildman–Crippen MR) is 82.5 cm³/mol. The Labute approximate surface area is 127 Å². The van der Waals surface area contributed by atoms with Gasteiger partial charge in [-0.1, -0.05) is 0 Å². The van der Waals surface area contributed by atoms with Crippen LogP contribution in [0.5, 0.6) is 0 Å². The monoisotopic (exact) mass is 320 g/mol. The zero-order valence-electron chi connectivity index (χ0n) is 12.8. The molecule has 3 N–H and O–H groups in total. The summed E-state index contributed by atoms with van der Waals surface area (Å²) in [5, 5.41) is 10.2. The number of nitrogens with zero attached hydrogens (tertiary/aromatic N) is 3. The van der Waals surface area contributed by atoms with Crippen molar-refractivity contribution < 1.29 is 13.5 Å². The van der Waals surface area contributed by atoms with Crippen molar-refractivity contribution in [1.82, 2.24) is 14.1 Å². The SMILES string of the molecule is CS(=O)(=O)N1CCN(CC(O)CN2CCC(N)CC2)CC1. The molecule has 124 valence electrons. The van der Waals surface area contributed by atoms with Crippen LogP contribution in [-0.2, 0) is 10.0 Å². The van der Waals surface area contributed by atoms with Crippen molar-refractivity contribution in [3.8, 4) is 0 Å². The van der Waals surface area contributed by atoms with Crippen LogP contribution in [0.1, 0.15) is 12.8 Å². The number of aliphatic hydroxyl groups is 1. The third-order valence-corrected chi connectivity index (χ3v) is 5.67. The van der Waals surface area contributed by atoms with Gasteiger partial charge in [-0.3, -0.25) is 4.90 Å². The molecule has 0 aromatic heterocycles. The number of hydrogen-bond donors (Lipinski definition) is 2. The Hall–Kier alpha value is -0.250. The van der Waals surface area contributed by atoms with Gasteiger partial charge in [0, 0.05) is 45.3 Å². The molecule has 0 aromatic rings. The Bertz CT molecular complexity index is 415. The lowest BCUT2D eigenvalue weighted by atomic mass is 10.1. The van der Waals surface area contributed by atoms with Crippen LogP contribution < -0.4 is 5.73 Å². The zero-order valence-corrected chi connectivity index (χ0v) is 13.6. The maximum atomic E-state index is 11.4. The maximum Gasteiger partial charge on any atom is 0.211 e. The van der Waals surface area contributed by atoms with Gasteiger partial charge in [0.15, 0.2) is 0 Å². The summed E-state index contributed by atoms with van der Waals surface area (Å²) in [5.74, 6) is 0. The van der Waals surface area contributed by atoms with Gasteiger partial charge in [0.05, 0.1) is 12.4 Å². The first kappa shape index (κ1) is 17.1. The minimum Gasteiger partial charge on any atom is -0.390 e. The number of piperazine rings is 1. The second kappa shape index (κ2) is 7.34. The Morgan fingerprint density at radius 3 is 2.00 bits per heavy atom. The molecule has 0 spiro atoms. The number of likely N-dealkylation sites (tertiary alicyclic amines) is 1. The molecule has 1 atom stereocenters. The van der Waals surface area contributed by atoms with Crippen molar-refractivity contribution in [3.05, 3.63) is 0 Å². The van der Waals surface area contributed by atoms with Gasteiger partial charge in [0.1, 0.15) is 0 Å². The third-order valence-electron chi connectivity index (χ3n) is 4.37. The second-order valence-electron chi connectivity index (χ2n) is 6.25. The highest BCUT2D eigenvalue weighted by Gasteiger charge is 2.25. The number of piperidine rings is 1. The Morgan fingerprint density at radius 2 is 1.52 bits per heavy atom. The first-order valence-electron chi connectivity index (χ1n) is 7.68. The minimum absolute atomic E-state index is 0.308. The van der Waals surface area contributed by atoms with E-state index in [1.54, 1.807) is 0 Å². The summed E-state index contributed by atoms with van der Waals surface area (Å²) < 4.78 is 24.4. The lowest BCUT2D eigenvalue weighted by Gasteiger charge is -2.36. The number of hydrogen-bond acceptors (Lipinski definition) is 6. The molecule has 8 heteroatoms. The summed E-state index contributed by atoms with van der Waals surface area (Å²) >= 11 is 0. The average molecular weight is 320 g/mol. The van der Waals surface area contributed by atoms with Crippen LogP contribution >= 0.6 is 0 Å². The molecule has 2 rings (SSSR count). The summed E-state index contributed by atoms with van der Waals surface area (Å²) in [5.41, 5.74) is 5.87. The molecule has 0 amide bonds. The number of β-amino-alcohol motifs (C(OH)–C–C–N with tert-alkyl or cyclic N) is 1. The smallest absolute Gasteiger partial charge is 0.211 e. The second-order valence-corrected chi connectivity index (χ2v) is 8.24. The summed E-state index contributed by atoms with van der Waals surface area (Å²) in [4.78, 5) is 4.41. The number of rotatable bonds is 5. The van der Waals surface area contributed by atoms with Crippen molar-refractivity contribution in [2.75, 3.05) is 58.6 Å². The molecule has 0 aliphatic carbocycles. The van der Waals surface area contributed by atoms with Crippen LogP contribution in [0.25, 0.3) is 0 Å². The Kier molecular flexibility index (Phi) is 5.98. The van der Waals surface area contributed by atoms with Crippen molar-refractivity contribution in [3.63, 3.8) is 0 Å². The highest BCUT2D eigenvalue weighted by atomic mass is 32.2. The van der Waals surface area contributed by atoms with Crippen LogP contribution in [0.15, 0.2) is 0 Å². The lowest BCUT2D eigenvalue weighted by molar-refractivity contribution is 0.0549. The van der Waals surface area contributed by atoms with Gasteiger partial charge in [-0.2, -0.15) is 4.31 Å². The number of nitrogens with two attached hydrogens (primary N) is 1. The molecule has 0 saturated carbocycles. The van der Waals surface area contributed by atoms with Crippen molar-refractivity contribution in [2.45, 2.75) is 25.0 Å². The fourth-order valence-electron chi connectivity index (χ4n) is 3.03. The van der Waals surface area contributed by atoms with E-state index >= 15 is 0 Å². The molecule has 7 nitrogen and oxygen atoms in total. The van der Waals surface area contributed by atoms with E-state index in [2.05, 4.69) is 9.80 Å².